The number of aryl methyl sites for hydroxylation is 1. The number of esters is 1. The van der Waals surface area contributed by atoms with E-state index in [2.05, 4.69) is 14.7 Å². The highest BCUT2D eigenvalue weighted by atomic mass is 16.5. The number of carbonyl (C=O) groups excluding carboxylic acids is 1. The standard InChI is InChI=1S/C8H10N2O3/c1-5-9-6(8(11)13-3)4-7(10-5)12-2/h4H,1-3H3. The summed E-state index contributed by atoms with van der Waals surface area (Å²) >= 11 is 0. The minimum absolute atomic E-state index is 0.201. The number of nitrogens with zero attached hydrogens (tertiary/aromatic N) is 2. The van der Waals surface area contributed by atoms with E-state index < -0.39 is 5.97 Å². The molecule has 0 fully saturated rings. The third kappa shape index (κ3) is 2.14. The van der Waals surface area contributed by atoms with Crippen molar-refractivity contribution in [3.8, 4) is 5.88 Å². The van der Waals surface area contributed by atoms with Gasteiger partial charge in [-0.25, -0.2) is 9.78 Å². The van der Waals surface area contributed by atoms with Crippen LogP contribution in [0.3, 0.4) is 0 Å². The highest BCUT2D eigenvalue weighted by molar-refractivity contribution is 5.87. The average Bonchev–Trinajstić information content (AvgIpc) is 2.15. The Balaban J connectivity index is 3.08. The molecule has 1 aromatic heterocycles. The molecule has 70 valence electrons. The molecule has 1 rings (SSSR count). The molecule has 1 aromatic rings. The molecule has 0 saturated carbocycles. The van der Waals surface area contributed by atoms with E-state index in [1.54, 1.807) is 6.92 Å². The van der Waals surface area contributed by atoms with Crippen LogP contribution in [0.5, 0.6) is 5.88 Å². The van der Waals surface area contributed by atoms with Crippen LogP contribution < -0.4 is 4.74 Å². The Morgan fingerprint density at radius 2 is 2.08 bits per heavy atom. The molecule has 0 aliphatic carbocycles. The Hall–Kier alpha value is -1.65. The normalized spacial score (nSPS) is 9.46. The first kappa shape index (κ1) is 9.44. The lowest BCUT2D eigenvalue weighted by molar-refractivity contribution is 0.0593. The fourth-order valence-electron chi connectivity index (χ4n) is 0.854. The van der Waals surface area contributed by atoms with Gasteiger partial charge in [0, 0.05) is 6.07 Å². The number of methoxy groups -OCH3 is 2. The van der Waals surface area contributed by atoms with Crippen molar-refractivity contribution < 1.29 is 14.3 Å². The minimum Gasteiger partial charge on any atom is -0.481 e. The molecule has 1 heterocycles. The molecule has 5 nitrogen and oxygen atoms in total. The van der Waals surface area contributed by atoms with Crippen LogP contribution >= 0.6 is 0 Å². The lowest BCUT2D eigenvalue weighted by Gasteiger charge is -2.02. The van der Waals surface area contributed by atoms with Crippen LogP contribution in [-0.4, -0.2) is 30.2 Å². The lowest BCUT2D eigenvalue weighted by atomic mass is 10.4. The summed E-state index contributed by atoms with van der Waals surface area (Å²) in [4.78, 5) is 18.9. The van der Waals surface area contributed by atoms with Gasteiger partial charge in [-0.3, -0.25) is 0 Å². The van der Waals surface area contributed by atoms with Crippen LogP contribution in [0.1, 0.15) is 16.3 Å². The van der Waals surface area contributed by atoms with Crippen LogP contribution in [0.15, 0.2) is 6.07 Å². The molecule has 0 atom stereocenters. The van der Waals surface area contributed by atoms with Crippen LogP contribution in [0.4, 0.5) is 0 Å². The number of hydrogen-bond acceptors (Lipinski definition) is 5. The van der Waals surface area contributed by atoms with E-state index >= 15 is 0 Å². The molecule has 13 heavy (non-hydrogen) atoms. The van der Waals surface area contributed by atoms with Gasteiger partial charge in [-0.15, -0.1) is 0 Å². The van der Waals surface area contributed by atoms with Crippen LogP contribution in [0, 0.1) is 6.92 Å². The van der Waals surface area contributed by atoms with Gasteiger partial charge in [0.1, 0.15) is 5.82 Å². The summed E-state index contributed by atoms with van der Waals surface area (Å²) in [5.41, 5.74) is 0.201. The van der Waals surface area contributed by atoms with Crippen molar-refractivity contribution in [1.82, 2.24) is 9.97 Å². The van der Waals surface area contributed by atoms with Gasteiger partial charge in [-0.05, 0) is 6.92 Å². The van der Waals surface area contributed by atoms with Crippen molar-refractivity contribution in [2.75, 3.05) is 14.2 Å². The quantitative estimate of drug-likeness (QED) is 0.626. The molecule has 0 aliphatic rings. The Morgan fingerprint density at radius 3 is 2.62 bits per heavy atom. The third-order valence-corrected chi connectivity index (χ3v) is 1.42. The highest BCUT2D eigenvalue weighted by Gasteiger charge is 2.10. The smallest absolute Gasteiger partial charge is 0.356 e. The summed E-state index contributed by atoms with van der Waals surface area (Å²) < 4.78 is 9.38. The molecule has 0 radical (unpaired) electrons. The van der Waals surface area contributed by atoms with Gasteiger partial charge in [-0.1, -0.05) is 0 Å². The van der Waals surface area contributed by atoms with Gasteiger partial charge in [0.25, 0.3) is 0 Å². The second-order valence-electron chi connectivity index (χ2n) is 2.33. The van der Waals surface area contributed by atoms with Gasteiger partial charge >= 0.3 is 5.97 Å². The second kappa shape index (κ2) is 3.84. The highest BCUT2D eigenvalue weighted by Crippen LogP contribution is 2.08. The zero-order chi connectivity index (χ0) is 9.84. The minimum atomic E-state index is -0.496. The van der Waals surface area contributed by atoms with Gasteiger partial charge < -0.3 is 9.47 Å². The topological polar surface area (TPSA) is 61.3 Å². The molecule has 0 unspecified atom stereocenters. The SMILES string of the molecule is COC(=O)c1cc(OC)nc(C)n1. The maximum atomic E-state index is 11.1. The average molecular weight is 182 g/mol. The largest absolute Gasteiger partial charge is 0.481 e. The predicted octanol–water partition coefficient (Wildman–Crippen LogP) is 0.580. The Morgan fingerprint density at radius 1 is 1.38 bits per heavy atom. The molecule has 0 aromatic carbocycles. The Kier molecular flexibility index (Phi) is 2.79. The monoisotopic (exact) mass is 182 g/mol. The lowest BCUT2D eigenvalue weighted by Crippen LogP contribution is -2.07. The molecule has 0 saturated heterocycles. The first-order valence-electron chi connectivity index (χ1n) is 3.65. The number of hydrogen-bond donors (Lipinski definition) is 0. The Bertz CT molecular complexity index is 325. The second-order valence-corrected chi connectivity index (χ2v) is 2.33. The maximum absolute atomic E-state index is 11.1. The van der Waals surface area contributed by atoms with E-state index in [1.807, 2.05) is 0 Å². The Labute approximate surface area is 75.7 Å². The zero-order valence-corrected chi connectivity index (χ0v) is 7.70. The van der Waals surface area contributed by atoms with Crippen molar-refractivity contribution in [1.29, 1.82) is 0 Å². The fraction of sp³-hybridized carbons (Fsp3) is 0.375. The molecule has 0 aliphatic heterocycles. The first-order valence-corrected chi connectivity index (χ1v) is 3.65. The van der Waals surface area contributed by atoms with E-state index in [0.717, 1.165) is 0 Å². The molecule has 5 heteroatoms. The van der Waals surface area contributed by atoms with E-state index in [0.29, 0.717) is 11.7 Å². The fourth-order valence-corrected chi connectivity index (χ4v) is 0.854. The summed E-state index contributed by atoms with van der Waals surface area (Å²) in [7, 11) is 2.77. The number of ether oxygens (including phenoxy) is 2. The van der Waals surface area contributed by atoms with Crippen molar-refractivity contribution in [3.05, 3.63) is 17.6 Å². The summed E-state index contributed by atoms with van der Waals surface area (Å²) in [6, 6.07) is 1.43. The summed E-state index contributed by atoms with van der Waals surface area (Å²) in [5.74, 6) is 0.330. The molecule has 0 N–H and O–H groups in total. The van der Waals surface area contributed by atoms with E-state index in [4.69, 9.17) is 4.74 Å². The third-order valence-electron chi connectivity index (χ3n) is 1.42. The maximum Gasteiger partial charge on any atom is 0.356 e. The van der Waals surface area contributed by atoms with Crippen LogP contribution in [0.25, 0.3) is 0 Å². The summed E-state index contributed by atoms with van der Waals surface area (Å²) in [6.07, 6.45) is 0. The van der Waals surface area contributed by atoms with E-state index in [9.17, 15) is 4.79 Å². The molecular weight excluding hydrogens is 172 g/mol. The van der Waals surface area contributed by atoms with Gasteiger partial charge in [-0.2, -0.15) is 4.98 Å². The summed E-state index contributed by atoms with van der Waals surface area (Å²) in [6.45, 7) is 1.68. The zero-order valence-electron chi connectivity index (χ0n) is 7.70. The summed E-state index contributed by atoms with van der Waals surface area (Å²) in [5, 5.41) is 0. The molecule has 0 amide bonds. The van der Waals surface area contributed by atoms with E-state index in [-0.39, 0.29) is 5.69 Å². The van der Waals surface area contributed by atoms with Crippen molar-refractivity contribution in [2.45, 2.75) is 6.92 Å². The van der Waals surface area contributed by atoms with Crippen molar-refractivity contribution in [2.24, 2.45) is 0 Å². The predicted molar refractivity (Wildman–Crippen MR) is 44.7 cm³/mol. The number of rotatable bonds is 2. The number of aromatic nitrogens is 2. The van der Waals surface area contributed by atoms with Crippen LogP contribution in [0.2, 0.25) is 0 Å². The van der Waals surface area contributed by atoms with Crippen LogP contribution in [-0.2, 0) is 4.74 Å². The molecule has 0 spiro atoms. The van der Waals surface area contributed by atoms with Crippen molar-refractivity contribution in [3.63, 3.8) is 0 Å². The van der Waals surface area contributed by atoms with Gasteiger partial charge in [0.15, 0.2) is 5.69 Å². The van der Waals surface area contributed by atoms with Gasteiger partial charge in [0.05, 0.1) is 14.2 Å². The van der Waals surface area contributed by atoms with Crippen molar-refractivity contribution >= 4 is 5.97 Å². The molecule has 0 bridgehead atoms. The molecular formula is C8H10N2O3. The van der Waals surface area contributed by atoms with E-state index in [1.165, 1.54) is 20.3 Å². The van der Waals surface area contributed by atoms with Gasteiger partial charge in [0.2, 0.25) is 5.88 Å². The number of carbonyl (C=O) groups is 1. The first-order chi connectivity index (χ1) is 6.17.